The molecule has 0 heterocycles. The number of unbranched alkanes of at least 4 members (excludes halogenated alkanes) is 52. The highest BCUT2D eigenvalue weighted by atomic mass is 16.6. The molecule has 0 aliphatic rings. The zero-order chi connectivity index (χ0) is 55.0. The molecule has 6 nitrogen and oxygen atoms in total. The van der Waals surface area contributed by atoms with Gasteiger partial charge in [-0.3, -0.25) is 14.4 Å². The molecule has 0 aromatic heterocycles. The monoisotopic (exact) mass is 1070 g/mol. The lowest BCUT2D eigenvalue weighted by atomic mass is 10.0. The Hall–Kier alpha value is -1.85. The van der Waals surface area contributed by atoms with E-state index in [0.717, 1.165) is 64.2 Å². The van der Waals surface area contributed by atoms with Gasteiger partial charge in [0.1, 0.15) is 13.2 Å². The van der Waals surface area contributed by atoms with Crippen molar-refractivity contribution in [1.29, 1.82) is 0 Å². The van der Waals surface area contributed by atoms with Gasteiger partial charge in [0.2, 0.25) is 0 Å². The minimum Gasteiger partial charge on any atom is -0.462 e. The van der Waals surface area contributed by atoms with Crippen molar-refractivity contribution in [1.82, 2.24) is 0 Å². The van der Waals surface area contributed by atoms with Crippen LogP contribution in [0.3, 0.4) is 0 Å². The van der Waals surface area contributed by atoms with Gasteiger partial charge in [-0.05, 0) is 44.9 Å². The lowest BCUT2D eigenvalue weighted by Gasteiger charge is -2.18. The molecular formula is C70H134O6. The van der Waals surface area contributed by atoms with E-state index >= 15 is 0 Å². The van der Waals surface area contributed by atoms with E-state index in [1.807, 2.05) is 0 Å². The molecule has 0 N–H and O–H groups in total. The molecule has 0 rings (SSSR count). The fraction of sp³-hybridized carbons (Fsp3) is 0.929. The summed E-state index contributed by atoms with van der Waals surface area (Å²) in [5, 5.41) is 0. The van der Waals surface area contributed by atoms with Gasteiger partial charge in [-0.15, -0.1) is 0 Å². The zero-order valence-corrected chi connectivity index (χ0v) is 51.8. The first-order chi connectivity index (χ1) is 37.5. The van der Waals surface area contributed by atoms with Crippen LogP contribution in [0.2, 0.25) is 0 Å². The van der Waals surface area contributed by atoms with E-state index in [-0.39, 0.29) is 31.1 Å². The maximum Gasteiger partial charge on any atom is 0.306 e. The zero-order valence-electron chi connectivity index (χ0n) is 51.8. The van der Waals surface area contributed by atoms with E-state index in [4.69, 9.17) is 14.2 Å². The number of ether oxygens (including phenoxy) is 3. The second-order valence-corrected chi connectivity index (χ2v) is 23.8. The summed E-state index contributed by atoms with van der Waals surface area (Å²) in [5.41, 5.74) is 0. The molecule has 1 atom stereocenters. The lowest BCUT2D eigenvalue weighted by molar-refractivity contribution is -0.167. The van der Waals surface area contributed by atoms with Crippen LogP contribution < -0.4 is 0 Å². The van der Waals surface area contributed by atoms with Gasteiger partial charge in [0, 0.05) is 19.3 Å². The van der Waals surface area contributed by atoms with Crippen LogP contribution in [0.5, 0.6) is 0 Å². The molecule has 0 radical (unpaired) electrons. The largest absolute Gasteiger partial charge is 0.462 e. The van der Waals surface area contributed by atoms with E-state index in [0.29, 0.717) is 19.3 Å². The molecule has 0 fully saturated rings. The van der Waals surface area contributed by atoms with E-state index < -0.39 is 6.10 Å². The summed E-state index contributed by atoms with van der Waals surface area (Å²) in [4.78, 5) is 38.4. The molecule has 0 spiro atoms. The standard InChI is InChI=1S/C70H134O6/c1-4-7-10-13-16-19-22-25-28-30-32-33-34-35-36-37-38-40-42-45-48-51-54-57-60-63-69(72)75-66-67(65-74-68(71)62-59-56-53-50-47-44-41-27-24-21-18-15-12-9-6-3)76-70(73)64-61-58-55-52-49-46-43-39-31-29-26-23-20-17-14-11-8-5-2/h27,41,67H,4-26,28-40,42-66H2,1-3H3/b41-27-. The lowest BCUT2D eigenvalue weighted by Crippen LogP contribution is -2.30. The van der Waals surface area contributed by atoms with Crippen molar-refractivity contribution in [2.75, 3.05) is 13.2 Å². The first kappa shape index (κ1) is 74.2. The number of carbonyl (C=O) groups is 3. The summed E-state index contributed by atoms with van der Waals surface area (Å²) < 4.78 is 17.0. The van der Waals surface area contributed by atoms with Gasteiger partial charge in [0.05, 0.1) is 0 Å². The van der Waals surface area contributed by atoms with Crippen molar-refractivity contribution in [2.45, 2.75) is 406 Å². The Labute approximate surface area is 475 Å². The van der Waals surface area contributed by atoms with Crippen molar-refractivity contribution >= 4 is 17.9 Å². The molecule has 450 valence electrons. The van der Waals surface area contributed by atoms with Gasteiger partial charge in [0.15, 0.2) is 6.10 Å². The van der Waals surface area contributed by atoms with E-state index in [1.54, 1.807) is 0 Å². The molecule has 0 aromatic carbocycles. The third kappa shape index (κ3) is 63.0. The quantitative estimate of drug-likeness (QED) is 0.0261. The van der Waals surface area contributed by atoms with E-state index in [9.17, 15) is 14.4 Å². The highest BCUT2D eigenvalue weighted by Crippen LogP contribution is 2.19. The van der Waals surface area contributed by atoms with Gasteiger partial charge < -0.3 is 14.2 Å². The van der Waals surface area contributed by atoms with Crippen LogP contribution in [0.15, 0.2) is 12.2 Å². The van der Waals surface area contributed by atoms with Crippen LogP contribution >= 0.6 is 0 Å². The minimum absolute atomic E-state index is 0.0657. The summed E-state index contributed by atoms with van der Waals surface area (Å²) in [7, 11) is 0. The molecule has 0 aliphatic heterocycles. The third-order valence-electron chi connectivity index (χ3n) is 16.0. The van der Waals surface area contributed by atoms with Gasteiger partial charge >= 0.3 is 17.9 Å². The predicted molar refractivity (Wildman–Crippen MR) is 330 cm³/mol. The Morgan fingerprint density at radius 1 is 0.250 bits per heavy atom. The molecule has 0 aliphatic carbocycles. The topological polar surface area (TPSA) is 78.9 Å². The second-order valence-electron chi connectivity index (χ2n) is 23.8. The number of hydrogen-bond donors (Lipinski definition) is 0. The fourth-order valence-corrected chi connectivity index (χ4v) is 10.8. The number of rotatable bonds is 65. The predicted octanol–water partition coefficient (Wildman–Crippen LogP) is 23.6. The van der Waals surface area contributed by atoms with Gasteiger partial charge in [-0.25, -0.2) is 0 Å². The summed E-state index contributed by atoms with van der Waals surface area (Å²) in [6.45, 7) is 6.72. The molecule has 1 unspecified atom stereocenters. The number of carbonyl (C=O) groups excluding carboxylic acids is 3. The summed E-state index contributed by atoms with van der Waals surface area (Å²) in [6, 6.07) is 0. The van der Waals surface area contributed by atoms with Crippen LogP contribution in [0.1, 0.15) is 400 Å². The molecule has 0 amide bonds. The van der Waals surface area contributed by atoms with Crippen molar-refractivity contribution in [2.24, 2.45) is 0 Å². The van der Waals surface area contributed by atoms with Gasteiger partial charge in [-0.2, -0.15) is 0 Å². The summed E-state index contributed by atoms with van der Waals surface area (Å²) in [5.74, 6) is -0.840. The number of hydrogen-bond acceptors (Lipinski definition) is 6. The molecule has 0 bridgehead atoms. The van der Waals surface area contributed by atoms with E-state index in [1.165, 1.54) is 295 Å². The van der Waals surface area contributed by atoms with Gasteiger partial charge in [-0.1, -0.05) is 348 Å². The maximum atomic E-state index is 12.9. The van der Waals surface area contributed by atoms with Crippen LogP contribution in [0.4, 0.5) is 0 Å². The molecule has 0 saturated carbocycles. The minimum atomic E-state index is -0.769. The second kappa shape index (κ2) is 65.7. The van der Waals surface area contributed by atoms with Crippen molar-refractivity contribution < 1.29 is 28.6 Å². The van der Waals surface area contributed by atoms with Crippen LogP contribution in [-0.2, 0) is 28.6 Å². The molecule has 0 saturated heterocycles. The fourth-order valence-electron chi connectivity index (χ4n) is 10.8. The Morgan fingerprint density at radius 2 is 0.434 bits per heavy atom. The highest BCUT2D eigenvalue weighted by molar-refractivity contribution is 5.71. The summed E-state index contributed by atoms with van der Waals surface area (Å²) >= 11 is 0. The van der Waals surface area contributed by atoms with Crippen LogP contribution in [-0.4, -0.2) is 37.2 Å². The summed E-state index contributed by atoms with van der Waals surface area (Å²) in [6.07, 6.45) is 78.1. The van der Waals surface area contributed by atoms with Crippen molar-refractivity contribution in [3.8, 4) is 0 Å². The first-order valence-corrected chi connectivity index (χ1v) is 34.7. The average Bonchev–Trinajstić information content (AvgIpc) is 3.42. The average molecular weight is 1070 g/mol. The number of allylic oxidation sites excluding steroid dienone is 2. The van der Waals surface area contributed by atoms with Gasteiger partial charge in [0.25, 0.3) is 0 Å². The van der Waals surface area contributed by atoms with Crippen molar-refractivity contribution in [3.63, 3.8) is 0 Å². The molecule has 6 heteroatoms. The Bertz CT molecular complexity index is 1180. The van der Waals surface area contributed by atoms with Crippen molar-refractivity contribution in [3.05, 3.63) is 12.2 Å². The van der Waals surface area contributed by atoms with Crippen LogP contribution in [0.25, 0.3) is 0 Å². The molecule has 0 aromatic rings. The van der Waals surface area contributed by atoms with E-state index in [2.05, 4.69) is 32.9 Å². The normalized spacial score (nSPS) is 12.0. The number of esters is 3. The molecule has 76 heavy (non-hydrogen) atoms. The maximum absolute atomic E-state index is 12.9. The first-order valence-electron chi connectivity index (χ1n) is 34.7. The third-order valence-corrected chi connectivity index (χ3v) is 16.0. The Morgan fingerprint density at radius 3 is 0.658 bits per heavy atom. The molecular weight excluding hydrogens is 937 g/mol. The Balaban J connectivity index is 4.23. The highest BCUT2D eigenvalue weighted by Gasteiger charge is 2.19. The Kier molecular flexibility index (Phi) is 64.1. The smallest absolute Gasteiger partial charge is 0.306 e. The SMILES string of the molecule is CCCCCCCC/C=C\CCCCCCCC(=O)OCC(COC(=O)CCCCCCCCCCCCCCCCCCCCCCCCCCC)OC(=O)CCCCCCCCCCCCCCCCCCCC. The van der Waals surface area contributed by atoms with Crippen LogP contribution in [0, 0.1) is 0 Å².